The van der Waals surface area contributed by atoms with Gasteiger partial charge >= 0.3 is 5.97 Å². The van der Waals surface area contributed by atoms with E-state index in [1.165, 1.54) is 5.56 Å². The molecule has 1 fully saturated rings. The van der Waals surface area contributed by atoms with E-state index in [0.29, 0.717) is 37.5 Å². The number of hydrogen-bond acceptors (Lipinski definition) is 5. The number of nitrogens with zero attached hydrogens (tertiary/aromatic N) is 1. The second kappa shape index (κ2) is 10.4. The van der Waals surface area contributed by atoms with Crippen LogP contribution in [0, 0.1) is 18.8 Å². The van der Waals surface area contributed by atoms with Gasteiger partial charge in [-0.05, 0) is 64.0 Å². The highest BCUT2D eigenvalue weighted by molar-refractivity contribution is 5.76. The number of benzene rings is 1. The zero-order valence-corrected chi connectivity index (χ0v) is 19.1. The van der Waals surface area contributed by atoms with Gasteiger partial charge in [0.25, 0.3) is 0 Å². The van der Waals surface area contributed by atoms with Gasteiger partial charge in [0, 0.05) is 18.6 Å². The van der Waals surface area contributed by atoms with Crippen LogP contribution in [0.5, 0.6) is 0 Å². The SMILES string of the molecule is CCc1oc(-c2ccc(C)cc2)nc1COC[C@H]1CCC[C@@H](COC(C)(C)C(=O)O)C1. The summed E-state index contributed by atoms with van der Waals surface area (Å²) in [5, 5.41) is 9.22. The van der Waals surface area contributed by atoms with Crippen LogP contribution in [-0.2, 0) is 27.3 Å². The lowest BCUT2D eigenvalue weighted by molar-refractivity contribution is -0.163. The zero-order chi connectivity index (χ0) is 22.4. The fraction of sp³-hybridized carbons (Fsp3) is 0.600. The first-order valence-corrected chi connectivity index (χ1v) is 11.3. The molecule has 1 heterocycles. The normalized spacial score (nSPS) is 19.5. The van der Waals surface area contributed by atoms with Gasteiger partial charge in [0.05, 0.1) is 13.2 Å². The molecule has 0 saturated heterocycles. The Morgan fingerprint density at radius 3 is 2.52 bits per heavy atom. The van der Waals surface area contributed by atoms with E-state index in [9.17, 15) is 9.90 Å². The van der Waals surface area contributed by atoms with E-state index in [1.54, 1.807) is 13.8 Å². The number of aliphatic carboxylic acids is 1. The molecule has 1 aliphatic carbocycles. The Bertz CT molecular complexity index is 855. The fourth-order valence-electron chi connectivity index (χ4n) is 4.01. The van der Waals surface area contributed by atoms with E-state index in [1.807, 2.05) is 12.1 Å². The summed E-state index contributed by atoms with van der Waals surface area (Å²) in [6.07, 6.45) is 5.11. The smallest absolute Gasteiger partial charge is 0.335 e. The Labute approximate surface area is 185 Å². The predicted octanol–water partition coefficient (Wildman–Crippen LogP) is 5.42. The number of aryl methyl sites for hydroxylation is 2. The van der Waals surface area contributed by atoms with Crippen LogP contribution in [-0.4, -0.2) is 34.9 Å². The summed E-state index contributed by atoms with van der Waals surface area (Å²) in [5.41, 5.74) is 1.92. The van der Waals surface area contributed by atoms with Crippen molar-refractivity contribution >= 4 is 5.97 Å². The minimum atomic E-state index is -1.14. The average Bonchev–Trinajstić information content (AvgIpc) is 3.16. The van der Waals surface area contributed by atoms with E-state index in [4.69, 9.17) is 13.9 Å². The molecule has 1 aromatic heterocycles. The van der Waals surface area contributed by atoms with Gasteiger partial charge in [0.15, 0.2) is 5.60 Å². The Kier molecular flexibility index (Phi) is 7.89. The topological polar surface area (TPSA) is 81.8 Å². The number of aromatic nitrogens is 1. The van der Waals surface area contributed by atoms with Crippen LogP contribution in [0.4, 0.5) is 0 Å². The standard InChI is InChI=1S/C25H35NO5/c1-5-22-21(26-23(31-22)20-11-9-17(2)10-12-20)16-29-14-18-7-6-8-19(13-18)15-30-25(3,4)24(27)28/h9-12,18-19H,5-8,13-16H2,1-4H3,(H,27,28)/t18-,19+/m0/s1. The molecule has 6 heteroatoms. The largest absolute Gasteiger partial charge is 0.479 e. The van der Waals surface area contributed by atoms with Gasteiger partial charge in [-0.1, -0.05) is 31.0 Å². The van der Waals surface area contributed by atoms with Crippen LogP contribution in [0.2, 0.25) is 0 Å². The third kappa shape index (κ3) is 6.40. The van der Waals surface area contributed by atoms with Gasteiger partial charge in [0.1, 0.15) is 11.5 Å². The summed E-state index contributed by atoms with van der Waals surface area (Å²) in [4.78, 5) is 15.9. The molecule has 2 atom stereocenters. The number of carboxylic acid groups (broad SMARTS) is 1. The van der Waals surface area contributed by atoms with Crippen molar-refractivity contribution in [1.29, 1.82) is 0 Å². The Morgan fingerprint density at radius 1 is 1.19 bits per heavy atom. The Morgan fingerprint density at radius 2 is 1.87 bits per heavy atom. The van der Waals surface area contributed by atoms with Gasteiger partial charge < -0.3 is 19.0 Å². The van der Waals surface area contributed by atoms with Crippen molar-refractivity contribution in [2.24, 2.45) is 11.8 Å². The lowest BCUT2D eigenvalue weighted by atomic mass is 9.82. The fourth-order valence-corrected chi connectivity index (χ4v) is 4.01. The first kappa shape index (κ1) is 23.5. The maximum absolute atomic E-state index is 11.2. The van der Waals surface area contributed by atoms with E-state index in [0.717, 1.165) is 49.1 Å². The molecular weight excluding hydrogens is 394 g/mol. The molecule has 0 radical (unpaired) electrons. The highest BCUT2D eigenvalue weighted by Crippen LogP contribution is 2.31. The molecule has 1 saturated carbocycles. The van der Waals surface area contributed by atoms with Crippen LogP contribution in [0.3, 0.4) is 0 Å². The molecule has 3 rings (SSSR count). The summed E-state index contributed by atoms with van der Waals surface area (Å²) < 4.78 is 17.7. The summed E-state index contributed by atoms with van der Waals surface area (Å²) in [5.74, 6) is 1.44. The van der Waals surface area contributed by atoms with E-state index < -0.39 is 11.6 Å². The quantitative estimate of drug-likeness (QED) is 0.543. The molecule has 1 aromatic carbocycles. The van der Waals surface area contributed by atoms with Crippen molar-refractivity contribution in [2.75, 3.05) is 13.2 Å². The zero-order valence-electron chi connectivity index (χ0n) is 19.1. The molecule has 2 aromatic rings. The molecule has 0 amide bonds. The molecule has 0 unspecified atom stereocenters. The third-order valence-electron chi connectivity index (χ3n) is 6.08. The average molecular weight is 430 g/mol. The highest BCUT2D eigenvalue weighted by Gasteiger charge is 2.30. The molecule has 170 valence electrons. The maximum atomic E-state index is 11.2. The molecular formula is C25H35NO5. The summed E-state index contributed by atoms with van der Waals surface area (Å²) in [6, 6.07) is 8.17. The van der Waals surface area contributed by atoms with Crippen molar-refractivity contribution in [3.63, 3.8) is 0 Å². The Hall–Kier alpha value is -2.18. The van der Waals surface area contributed by atoms with Crippen LogP contribution < -0.4 is 0 Å². The lowest BCUT2D eigenvalue weighted by Crippen LogP contribution is -2.37. The van der Waals surface area contributed by atoms with Crippen molar-refractivity contribution in [3.05, 3.63) is 41.3 Å². The van der Waals surface area contributed by atoms with Crippen molar-refractivity contribution < 1.29 is 23.8 Å². The first-order valence-electron chi connectivity index (χ1n) is 11.3. The lowest BCUT2D eigenvalue weighted by Gasteiger charge is -2.31. The van der Waals surface area contributed by atoms with E-state index in [-0.39, 0.29) is 0 Å². The van der Waals surface area contributed by atoms with E-state index in [2.05, 4.69) is 31.0 Å². The van der Waals surface area contributed by atoms with Gasteiger partial charge in [-0.25, -0.2) is 9.78 Å². The first-order chi connectivity index (χ1) is 14.8. The Balaban J connectivity index is 1.50. The predicted molar refractivity (Wildman–Crippen MR) is 119 cm³/mol. The monoisotopic (exact) mass is 429 g/mol. The van der Waals surface area contributed by atoms with Crippen LogP contribution in [0.15, 0.2) is 28.7 Å². The summed E-state index contributed by atoms with van der Waals surface area (Å²) >= 11 is 0. The molecule has 0 bridgehead atoms. The summed E-state index contributed by atoms with van der Waals surface area (Å²) in [6.45, 7) is 8.94. The van der Waals surface area contributed by atoms with Crippen LogP contribution in [0.25, 0.3) is 11.5 Å². The minimum Gasteiger partial charge on any atom is -0.479 e. The molecule has 1 N–H and O–H groups in total. The van der Waals surface area contributed by atoms with E-state index >= 15 is 0 Å². The number of carbonyl (C=O) groups is 1. The van der Waals surface area contributed by atoms with Crippen LogP contribution >= 0.6 is 0 Å². The summed E-state index contributed by atoms with van der Waals surface area (Å²) in [7, 11) is 0. The molecule has 1 aliphatic rings. The number of ether oxygens (including phenoxy) is 2. The van der Waals surface area contributed by atoms with Crippen molar-refractivity contribution in [1.82, 2.24) is 4.98 Å². The van der Waals surface area contributed by atoms with Gasteiger partial charge in [-0.3, -0.25) is 0 Å². The number of hydrogen-bond donors (Lipinski definition) is 1. The van der Waals surface area contributed by atoms with Gasteiger partial charge in [-0.15, -0.1) is 0 Å². The second-order valence-corrected chi connectivity index (χ2v) is 9.15. The molecule has 0 aliphatic heterocycles. The molecule has 6 nitrogen and oxygen atoms in total. The number of rotatable bonds is 10. The minimum absolute atomic E-state index is 0.382. The maximum Gasteiger partial charge on any atom is 0.335 e. The molecule has 31 heavy (non-hydrogen) atoms. The second-order valence-electron chi connectivity index (χ2n) is 9.15. The number of oxazole rings is 1. The number of carboxylic acids is 1. The van der Waals surface area contributed by atoms with Crippen LogP contribution in [0.1, 0.15) is 63.5 Å². The third-order valence-corrected chi connectivity index (χ3v) is 6.08. The molecule has 0 spiro atoms. The van der Waals surface area contributed by atoms with Crippen molar-refractivity contribution in [3.8, 4) is 11.5 Å². The van der Waals surface area contributed by atoms with Gasteiger partial charge in [0.2, 0.25) is 5.89 Å². The van der Waals surface area contributed by atoms with Gasteiger partial charge in [-0.2, -0.15) is 0 Å². The van der Waals surface area contributed by atoms with Crippen molar-refractivity contribution in [2.45, 2.75) is 72.0 Å². The highest BCUT2D eigenvalue weighted by atomic mass is 16.5.